The lowest BCUT2D eigenvalue weighted by molar-refractivity contribution is 0.484. The third-order valence-corrected chi connectivity index (χ3v) is 3.07. The van der Waals surface area contributed by atoms with E-state index in [1.54, 1.807) is 0 Å². The fourth-order valence-electron chi connectivity index (χ4n) is 0.994. The normalized spacial score (nSPS) is 11.1. The van der Waals surface area contributed by atoms with Gasteiger partial charge in [0.05, 0.1) is 6.54 Å². The Bertz CT molecular complexity index is 549. The molecule has 1 aromatic carbocycles. The minimum Gasteiger partial charge on any atom is -0.399 e. The maximum absolute atomic E-state index is 13.2. The number of nitrogens with two attached hydrogens (primary N) is 1. The molecule has 0 spiro atoms. The topological polar surface area (TPSA) is 72.2 Å². The molecule has 0 atom stereocenters. The summed E-state index contributed by atoms with van der Waals surface area (Å²) in [4.78, 5) is -0.861. The van der Waals surface area contributed by atoms with Crippen molar-refractivity contribution in [2.45, 2.75) is 4.90 Å². The number of rotatable bonds is 3. The summed E-state index contributed by atoms with van der Waals surface area (Å²) in [5.41, 5.74) is 5.02. The van der Waals surface area contributed by atoms with Gasteiger partial charge in [0, 0.05) is 5.69 Å². The maximum atomic E-state index is 13.2. The van der Waals surface area contributed by atoms with Crippen molar-refractivity contribution in [3.8, 4) is 12.3 Å². The summed E-state index contributed by atoms with van der Waals surface area (Å²) in [6, 6.07) is 1.51. The Morgan fingerprint density at radius 1 is 1.44 bits per heavy atom. The predicted octanol–water partition coefficient (Wildman–Crippen LogP) is 0.458. The van der Waals surface area contributed by atoms with Crippen molar-refractivity contribution >= 4 is 15.7 Å². The van der Waals surface area contributed by atoms with Gasteiger partial charge in [-0.15, -0.1) is 6.42 Å². The van der Waals surface area contributed by atoms with Crippen LogP contribution in [0.1, 0.15) is 0 Å². The lowest BCUT2D eigenvalue weighted by Crippen LogP contribution is -2.25. The molecule has 0 saturated heterocycles. The molecule has 1 aromatic rings. The summed E-state index contributed by atoms with van der Waals surface area (Å²) in [5.74, 6) is -0.815. The van der Waals surface area contributed by atoms with Crippen LogP contribution in [0.4, 0.5) is 14.5 Å². The molecular weight excluding hydrogens is 238 g/mol. The first kappa shape index (κ1) is 12.4. The zero-order chi connectivity index (χ0) is 12.3. The van der Waals surface area contributed by atoms with Gasteiger partial charge in [-0.25, -0.2) is 17.2 Å². The van der Waals surface area contributed by atoms with Crippen molar-refractivity contribution in [2.24, 2.45) is 0 Å². The Kier molecular flexibility index (Phi) is 3.47. The SMILES string of the molecule is C#CCNS(=O)(=O)c1cc(N)cc(F)c1F. The lowest BCUT2D eigenvalue weighted by Gasteiger charge is -2.06. The standard InChI is InChI=1S/C9H8F2N2O2S/c1-2-3-13-16(14,15)8-5-6(12)4-7(10)9(8)11/h1,4-5,13H,3,12H2. The molecule has 0 fully saturated rings. The van der Waals surface area contributed by atoms with Gasteiger partial charge < -0.3 is 5.73 Å². The second-order valence-corrected chi connectivity index (χ2v) is 4.58. The summed E-state index contributed by atoms with van der Waals surface area (Å²) < 4.78 is 50.9. The molecule has 0 aromatic heterocycles. The average molecular weight is 246 g/mol. The van der Waals surface area contributed by atoms with Gasteiger partial charge in [0.15, 0.2) is 11.6 Å². The van der Waals surface area contributed by atoms with Crippen LogP contribution in [0.25, 0.3) is 0 Å². The number of halogens is 2. The third kappa shape index (κ3) is 2.48. The van der Waals surface area contributed by atoms with Crippen molar-refractivity contribution in [3.05, 3.63) is 23.8 Å². The van der Waals surface area contributed by atoms with Gasteiger partial charge in [-0.2, -0.15) is 4.72 Å². The molecule has 0 amide bonds. The van der Waals surface area contributed by atoms with Crippen molar-refractivity contribution in [3.63, 3.8) is 0 Å². The number of hydrogen-bond acceptors (Lipinski definition) is 3. The molecule has 86 valence electrons. The fourth-order valence-corrected chi connectivity index (χ4v) is 2.05. The number of hydrogen-bond donors (Lipinski definition) is 2. The minimum absolute atomic E-state index is 0.194. The van der Waals surface area contributed by atoms with Crippen LogP contribution < -0.4 is 10.5 Å². The summed E-state index contributed by atoms with van der Waals surface area (Å²) in [5, 5.41) is 0. The smallest absolute Gasteiger partial charge is 0.244 e. The van der Waals surface area contributed by atoms with E-state index in [0.29, 0.717) is 6.07 Å². The molecular formula is C9H8F2N2O2S. The van der Waals surface area contributed by atoms with Gasteiger partial charge in [0.1, 0.15) is 4.90 Å². The molecule has 1 rings (SSSR count). The van der Waals surface area contributed by atoms with Crippen molar-refractivity contribution in [2.75, 3.05) is 12.3 Å². The van der Waals surface area contributed by atoms with Gasteiger partial charge in [-0.3, -0.25) is 0 Å². The highest BCUT2D eigenvalue weighted by molar-refractivity contribution is 7.89. The number of terminal acetylenes is 1. The molecule has 0 bridgehead atoms. The van der Waals surface area contributed by atoms with E-state index < -0.39 is 26.6 Å². The molecule has 0 saturated carbocycles. The second-order valence-electron chi connectivity index (χ2n) is 2.84. The van der Waals surface area contributed by atoms with E-state index in [9.17, 15) is 17.2 Å². The summed E-state index contributed by atoms with van der Waals surface area (Å²) in [7, 11) is -4.19. The molecule has 0 aliphatic carbocycles. The van der Waals surface area contributed by atoms with Crippen molar-refractivity contribution in [1.82, 2.24) is 4.72 Å². The van der Waals surface area contributed by atoms with E-state index in [0.717, 1.165) is 6.07 Å². The molecule has 0 aliphatic heterocycles. The van der Waals surface area contributed by atoms with Crippen LogP contribution in [0.15, 0.2) is 17.0 Å². The molecule has 4 nitrogen and oxygen atoms in total. The number of sulfonamides is 1. The van der Waals surface area contributed by atoms with Gasteiger partial charge in [0.2, 0.25) is 10.0 Å². The number of anilines is 1. The third-order valence-electron chi connectivity index (χ3n) is 1.67. The molecule has 0 unspecified atom stereocenters. The van der Waals surface area contributed by atoms with E-state index in [1.807, 2.05) is 10.6 Å². The highest BCUT2D eigenvalue weighted by atomic mass is 32.2. The van der Waals surface area contributed by atoms with E-state index in [1.165, 1.54) is 0 Å². The van der Waals surface area contributed by atoms with E-state index >= 15 is 0 Å². The largest absolute Gasteiger partial charge is 0.399 e. The second kappa shape index (κ2) is 4.47. The highest BCUT2D eigenvalue weighted by Crippen LogP contribution is 2.20. The Balaban J connectivity index is 3.29. The van der Waals surface area contributed by atoms with Crippen LogP contribution in [0, 0.1) is 24.0 Å². The zero-order valence-corrected chi connectivity index (χ0v) is 8.81. The first-order valence-electron chi connectivity index (χ1n) is 4.06. The monoisotopic (exact) mass is 246 g/mol. The predicted molar refractivity (Wildman–Crippen MR) is 54.8 cm³/mol. The molecule has 0 heterocycles. The van der Waals surface area contributed by atoms with Gasteiger partial charge in [-0.05, 0) is 12.1 Å². The van der Waals surface area contributed by atoms with E-state index in [4.69, 9.17) is 12.2 Å². The van der Waals surface area contributed by atoms with Crippen LogP contribution >= 0.6 is 0 Å². The van der Waals surface area contributed by atoms with Crippen LogP contribution in [0.5, 0.6) is 0 Å². The van der Waals surface area contributed by atoms with E-state index in [-0.39, 0.29) is 12.2 Å². The lowest BCUT2D eigenvalue weighted by atomic mass is 10.3. The van der Waals surface area contributed by atoms with Gasteiger partial charge in [0.25, 0.3) is 0 Å². The van der Waals surface area contributed by atoms with Crippen LogP contribution in [-0.4, -0.2) is 15.0 Å². The molecule has 7 heteroatoms. The minimum atomic E-state index is -4.19. The van der Waals surface area contributed by atoms with Gasteiger partial charge >= 0.3 is 0 Å². The molecule has 16 heavy (non-hydrogen) atoms. The Labute approximate surface area is 91.5 Å². The van der Waals surface area contributed by atoms with Crippen LogP contribution in [-0.2, 0) is 10.0 Å². The summed E-state index contributed by atoms with van der Waals surface area (Å²) in [6.07, 6.45) is 4.84. The van der Waals surface area contributed by atoms with Crippen molar-refractivity contribution in [1.29, 1.82) is 0 Å². The fraction of sp³-hybridized carbons (Fsp3) is 0.111. The summed E-state index contributed by atoms with van der Waals surface area (Å²) >= 11 is 0. The number of benzene rings is 1. The maximum Gasteiger partial charge on any atom is 0.244 e. The van der Waals surface area contributed by atoms with E-state index in [2.05, 4.69) is 0 Å². The molecule has 0 aliphatic rings. The average Bonchev–Trinajstić information content (AvgIpc) is 2.20. The highest BCUT2D eigenvalue weighted by Gasteiger charge is 2.21. The van der Waals surface area contributed by atoms with Gasteiger partial charge in [-0.1, -0.05) is 5.92 Å². The zero-order valence-electron chi connectivity index (χ0n) is 8.00. The molecule has 3 N–H and O–H groups in total. The van der Waals surface area contributed by atoms with Crippen molar-refractivity contribution < 1.29 is 17.2 Å². The first-order valence-corrected chi connectivity index (χ1v) is 5.54. The quantitative estimate of drug-likeness (QED) is 0.601. The van der Waals surface area contributed by atoms with Crippen LogP contribution in [0.3, 0.4) is 0 Å². The Morgan fingerprint density at radius 2 is 2.06 bits per heavy atom. The Hall–Kier alpha value is -1.65. The number of nitrogens with one attached hydrogen (secondary N) is 1. The summed E-state index contributed by atoms with van der Waals surface area (Å²) in [6.45, 7) is -0.321. The number of nitrogen functional groups attached to an aromatic ring is 1. The first-order chi connectivity index (χ1) is 7.38. The Morgan fingerprint density at radius 3 is 2.62 bits per heavy atom. The molecule has 0 radical (unpaired) electrons. The van der Waals surface area contributed by atoms with Crippen LogP contribution in [0.2, 0.25) is 0 Å².